The molecule has 2 aliphatic rings. The third-order valence-electron chi connectivity index (χ3n) is 4.40. The lowest BCUT2D eigenvalue weighted by molar-refractivity contribution is 0.215. The lowest BCUT2D eigenvalue weighted by Gasteiger charge is -2.26. The van der Waals surface area contributed by atoms with Gasteiger partial charge in [-0.3, -0.25) is 14.2 Å². The van der Waals surface area contributed by atoms with Crippen molar-refractivity contribution in [3.8, 4) is 0 Å². The Morgan fingerprint density at radius 2 is 2.17 bits per heavy atom. The van der Waals surface area contributed by atoms with E-state index in [0.29, 0.717) is 43.3 Å². The molecule has 0 spiro atoms. The second-order valence-corrected chi connectivity index (χ2v) is 7.66. The second kappa shape index (κ2) is 5.54. The van der Waals surface area contributed by atoms with Crippen LogP contribution in [0.15, 0.2) is 26.4 Å². The number of aromatic amines is 1. The molecular weight excluding hydrogens is 334 g/mol. The molecule has 1 aliphatic heterocycles. The molecule has 0 radical (unpaired) electrons. The van der Waals surface area contributed by atoms with Gasteiger partial charge in [-0.05, 0) is 25.0 Å². The fraction of sp³-hybridized carbons (Fsp3) is 0.467. The van der Waals surface area contributed by atoms with Crippen LogP contribution in [0, 0.1) is 0 Å². The maximum absolute atomic E-state index is 12.3. The highest BCUT2D eigenvalue weighted by Gasteiger charge is 2.29. The van der Waals surface area contributed by atoms with Crippen LogP contribution in [-0.4, -0.2) is 34.4 Å². The van der Waals surface area contributed by atoms with Gasteiger partial charge >= 0.3 is 10.1 Å². The van der Waals surface area contributed by atoms with Gasteiger partial charge in [0.05, 0.1) is 17.8 Å². The highest BCUT2D eigenvalue weighted by molar-refractivity contribution is 7.85. The van der Waals surface area contributed by atoms with E-state index in [-0.39, 0.29) is 5.56 Å². The van der Waals surface area contributed by atoms with E-state index in [0.717, 1.165) is 24.4 Å². The molecule has 0 atom stereocenters. The molecule has 3 heterocycles. The minimum absolute atomic E-state index is 0.0929. The first-order chi connectivity index (χ1) is 11.4. The fourth-order valence-corrected chi connectivity index (χ4v) is 3.44. The van der Waals surface area contributed by atoms with Crippen LogP contribution >= 0.6 is 0 Å². The molecule has 4 rings (SSSR count). The third kappa shape index (κ3) is 3.02. The van der Waals surface area contributed by atoms with Gasteiger partial charge in [0.1, 0.15) is 11.6 Å². The molecule has 8 nitrogen and oxygen atoms in total. The highest BCUT2D eigenvalue weighted by Crippen LogP contribution is 2.37. The Morgan fingerprint density at radius 3 is 2.83 bits per heavy atom. The summed E-state index contributed by atoms with van der Waals surface area (Å²) < 4.78 is 36.2. The van der Waals surface area contributed by atoms with Crippen LogP contribution in [0.5, 0.6) is 0 Å². The van der Waals surface area contributed by atoms with E-state index in [1.54, 1.807) is 0 Å². The van der Waals surface area contributed by atoms with Crippen molar-refractivity contribution in [3.63, 3.8) is 0 Å². The van der Waals surface area contributed by atoms with E-state index in [9.17, 15) is 13.2 Å². The number of furan rings is 1. The van der Waals surface area contributed by atoms with Gasteiger partial charge in [0.25, 0.3) is 5.56 Å². The van der Waals surface area contributed by atoms with Gasteiger partial charge in [0.2, 0.25) is 5.09 Å². The van der Waals surface area contributed by atoms with Crippen LogP contribution in [0.2, 0.25) is 0 Å². The number of hydrogen-bond donors (Lipinski definition) is 2. The highest BCUT2D eigenvalue weighted by atomic mass is 32.2. The normalized spacial score (nSPS) is 18.5. The predicted molar refractivity (Wildman–Crippen MR) is 83.2 cm³/mol. The van der Waals surface area contributed by atoms with Crippen molar-refractivity contribution >= 4 is 10.1 Å². The summed E-state index contributed by atoms with van der Waals surface area (Å²) in [7, 11) is -4.34. The summed E-state index contributed by atoms with van der Waals surface area (Å²) in [6.07, 6.45) is 2.84. The Hall–Kier alpha value is -1.97. The maximum Gasteiger partial charge on any atom is 0.328 e. The smallest absolute Gasteiger partial charge is 0.328 e. The van der Waals surface area contributed by atoms with Gasteiger partial charge < -0.3 is 9.40 Å². The van der Waals surface area contributed by atoms with Gasteiger partial charge in [-0.1, -0.05) is 0 Å². The monoisotopic (exact) mass is 351 g/mol. The number of nitrogens with zero attached hydrogens (tertiary/aromatic N) is 2. The van der Waals surface area contributed by atoms with Crippen molar-refractivity contribution in [2.75, 3.05) is 6.54 Å². The van der Waals surface area contributed by atoms with E-state index < -0.39 is 15.2 Å². The molecule has 2 aromatic heterocycles. The zero-order chi connectivity index (χ0) is 16.9. The summed E-state index contributed by atoms with van der Waals surface area (Å²) >= 11 is 0. The summed E-state index contributed by atoms with van der Waals surface area (Å²) in [4.78, 5) is 21.8. The molecule has 1 aliphatic carbocycles. The van der Waals surface area contributed by atoms with Crippen molar-refractivity contribution < 1.29 is 17.4 Å². The van der Waals surface area contributed by atoms with Crippen molar-refractivity contribution in [1.29, 1.82) is 0 Å². The van der Waals surface area contributed by atoms with Crippen LogP contribution in [-0.2, 0) is 29.6 Å². The van der Waals surface area contributed by atoms with Crippen LogP contribution in [0.25, 0.3) is 0 Å². The number of H-pyrrole nitrogens is 1. The molecule has 24 heavy (non-hydrogen) atoms. The molecule has 0 saturated heterocycles. The lowest BCUT2D eigenvalue weighted by Crippen LogP contribution is -2.35. The Labute approximate surface area is 138 Å². The van der Waals surface area contributed by atoms with Gasteiger partial charge in [-0.2, -0.15) is 8.42 Å². The topological polar surface area (TPSA) is 116 Å². The maximum atomic E-state index is 12.3. The molecule has 0 aromatic carbocycles. The molecular formula is C15H17N3O5S. The van der Waals surface area contributed by atoms with Gasteiger partial charge in [-0.15, -0.1) is 0 Å². The molecule has 1 fully saturated rings. The average Bonchev–Trinajstić information content (AvgIpc) is 3.26. The summed E-state index contributed by atoms with van der Waals surface area (Å²) in [6.45, 7) is 1.50. The SMILES string of the molecule is O=c1[nH]c(C2CC2)nc2c1CN(Cc1ccc(S(=O)(=O)O)o1)CC2. The van der Waals surface area contributed by atoms with Crippen molar-refractivity contribution in [3.05, 3.63) is 45.3 Å². The fourth-order valence-electron chi connectivity index (χ4n) is 2.99. The van der Waals surface area contributed by atoms with Crippen molar-refractivity contribution in [2.45, 2.75) is 43.4 Å². The minimum Gasteiger partial charge on any atom is -0.446 e. The van der Waals surface area contributed by atoms with Crippen LogP contribution in [0.3, 0.4) is 0 Å². The summed E-state index contributed by atoms with van der Waals surface area (Å²) in [6, 6.07) is 2.73. The number of rotatable bonds is 4. The summed E-state index contributed by atoms with van der Waals surface area (Å²) in [5.41, 5.74) is 1.42. The summed E-state index contributed by atoms with van der Waals surface area (Å²) in [5, 5.41) is -0.469. The van der Waals surface area contributed by atoms with E-state index >= 15 is 0 Å². The van der Waals surface area contributed by atoms with E-state index in [4.69, 9.17) is 8.97 Å². The van der Waals surface area contributed by atoms with Crippen LogP contribution in [0.4, 0.5) is 0 Å². The third-order valence-corrected chi connectivity index (χ3v) is 5.13. The first-order valence-corrected chi connectivity index (χ1v) is 9.24. The lowest BCUT2D eigenvalue weighted by atomic mass is 10.1. The van der Waals surface area contributed by atoms with Crippen LogP contribution in [0.1, 0.15) is 41.6 Å². The van der Waals surface area contributed by atoms with Crippen molar-refractivity contribution in [1.82, 2.24) is 14.9 Å². The number of aromatic nitrogens is 2. The number of nitrogens with one attached hydrogen (secondary N) is 1. The van der Waals surface area contributed by atoms with Gasteiger partial charge in [0.15, 0.2) is 0 Å². The molecule has 2 N–H and O–H groups in total. The average molecular weight is 351 g/mol. The molecule has 2 aromatic rings. The molecule has 128 valence electrons. The number of fused-ring (bicyclic) bond motifs is 1. The zero-order valence-corrected chi connectivity index (χ0v) is 13.7. The van der Waals surface area contributed by atoms with Gasteiger partial charge in [-0.25, -0.2) is 4.98 Å². The standard InChI is InChI=1S/C15H17N3O5S/c19-15-11-8-18(7-10-3-4-13(23-10)24(20,21)22)6-5-12(11)16-14(17-15)9-1-2-9/h3-4,9H,1-2,5-8H2,(H,16,17,19)(H,20,21,22). The summed E-state index contributed by atoms with van der Waals surface area (Å²) in [5.74, 6) is 1.63. The van der Waals surface area contributed by atoms with Gasteiger partial charge in [0, 0.05) is 25.4 Å². The van der Waals surface area contributed by atoms with E-state index in [1.165, 1.54) is 12.1 Å². The second-order valence-electron chi connectivity index (χ2n) is 6.31. The number of hydrogen-bond acceptors (Lipinski definition) is 6. The molecule has 1 saturated carbocycles. The Kier molecular flexibility index (Phi) is 3.59. The zero-order valence-electron chi connectivity index (χ0n) is 12.9. The van der Waals surface area contributed by atoms with E-state index in [2.05, 4.69) is 9.97 Å². The minimum atomic E-state index is -4.34. The molecule has 9 heteroatoms. The molecule has 0 amide bonds. The van der Waals surface area contributed by atoms with Crippen LogP contribution < -0.4 is 5.56 Å². The van der Waals surface area contributed by atoms with Crippen molar-refractivity contribution in [2.24, 2.45) is 0 Å². The Bertz CT molecular complexity index is 942. The first kappa shape index (κ1) is 15.6. The Morgan fingerprint density at radius 1 is 1.38 bits per heavy atom. The molecule has 0 unspecified atom stereocenters. The quantitative estimate of drug-likeness (QED) is 0.791. The predicted octanol–water partition coefficient (Wildman–Crippen LogP) is 1.05. The molecule has 0 bridgehead atoms. The first-order valence-electron chi connectivity index (χ1n) is 7.80. The largest absolute Gasteiger partial charge is 0.446 e. The Balaban J connectivity index is 1.52. The van der Waals surface area contributed by atoms with E-state index in [1.807, 2.05) is 4.90 Å².